The van der Waals surface area contributed by atoms with Crippen molar-refractivity contribution in [2.45, 2.75) is 0 Å². The molecule has 0 nitrogen and oxygen atoms in total. The molecular weight excluding hydrogens is 364 g/mol. The molecule has 0 atom stereocenters. The summed E-state index contributed by atoms with van der Waals surface area (Å²) in [6.07, 6.45) is 0. The van der Waals surface area contributed by atoms with Crippen LogP contribution in [-0.2, 0) is 17.1 Å². The van der Waals surface area contributed by atoms with E-state index < -0.39 is 6.04 Å². The Bertz CT molecular complexity index is 273. The summed E-state index contributed by atoms with van der Waals surface area (Å²) < 4.78 is 0. The predicted molar refractivity (Wildman–Crippen MR) is 67.3 cm³/mol. The molecule has 0 aliphatic rings. The summed E-state index contributed by atoms with van der Waals surface area (Å²) in [4.78, 5) is 0. The second kappa shape index (κ2) is 8.68. The molecule has 2 aromatic rings. The van der Waals surface area contributed by atoms with Gasteiger partial charge in [0.15, 0.2) is 6.04 Å². The molecule has 4 heteroatoms. The van der Waals surface area contributed by atoms with Crippen LogP contribution in [0.4, 0.5) is 0 Å². The van der Waals surface area contributed by atoms with E-state index in [1.54, 1.807) is 0 Å². The van der Waals surface area contributed by atoms with Gasteiger partial charge in [0.05, 0.1) is 0 Å². The molecule has 0 aliphatic carbocycles. The van der Waals surface area contributed by atoms with Crippen LogP contribution in [0.1, 0.15) is 0 Å². The van der Waals surface area contributed by atoms with Gasteiger partial charge in [-0.1, -0.05) is 0 Å². The van der Waals surface area contributed by atoms with Gasteiger partial charge in [-0.2, -0.15) is 30.3 Å². The molecule has 0 unspecified atom stereocenters. The van der Waals surface area contributed by atoms with E-state index in [1.807, 2.05) is 42.5 Å². The van der Waals surface area contributed by atoms with Crippen LogP contribution in [0, 0.1) is 0 Å². The summed E-state index contributed by atoms with van der Waals surface area (Å²) in [5.74, 6) is 0. The van der Waals surface area contributed by atoms with Crippen LogP contribution in [0.2, 0.25) is 0 Å². The predicted octanol–water partition coefficient (Wildman–Crippen LogP) is 3.29. The van der Waals surface area contributed by atoms with Gasteiger partial charge in [0.2, 0.25) is 0 Å². The molecule has 0 aliphatic heterocycles. The largest absolute Gasteiger partial charge is 2.00 e. The number of hydrogen-bond acceptors (Lipinski definition) is 0. The maximum atomic E-state index is 3.48. The molecule has 0 N–H and O–H groups in total. The Morgan fingerprint density at radius 3 is 1.64 bits per heavy atom. The summed E-state index contributed by atoms with van der Waals surface area (Å²) in [6.45, 7) is 0. The first-order valence-electron chi connectivity index (χ1n) is 3.87. The molecule has 0 fully saturated rings. The minimum absolute atomic E-state index is 0. The van der Waals surface area contributed by atoms with Crippen molar-refractivity contribution in [1.29, 1.82) is 0 Å². The fourth-order valence-corrected chi connectivity index (χ4v) is 2.85. The quantitative estimate of drug-likeness (QED) is 0.409. The van der Waals surface area contributed by atoms with E-state index in [-0.39, 0.29) is 17.1 Å². The van der Waals surface area contributed by atoms with Crippen molar-refractivity contribution >= 4 is 41.8 Å². The molecular formula is C10H9Br2FeSi. The standard InChI is InChI=1S/C5H4Br2Si.C5H5.Fe/c6-8(7)5-3-1-2-4-5;1-2-4-5-3-1;/h1-4H;1-5H;/q2*-1;+2. The minimum Gasteiger partial charge on any atom is -0.214 e. The van der Waals surface area contributed by atoms with E-state index >= 15 is 0 Å². The fourth-order valence-electron chi connectivity index (χ4n) is 0.821. The second-order valence-corrected chi connectivity index (χ2v) is 11.4. The number of hydrogen-bond donors (Lipinski definition) is 0. The summed E-state index contributed by atoms with van der Waals surface area (Å²) in [5.41, 5.74) is 0. The van der Waals surface area contributed by atoms with Crippen LogP contribution >= 0.6 is 30.6 Å². The third-order valence-electron chi connectivity index (χ3n) is 1.44. The molecule has 1 radical (unpaired) electrons. The van der Waals surface area contributed by atoms with Crippen molar-refractivity contribution < 1.29 is 17.1 Å². The Morgan fingerprint density at radius 2 is 1.43 bits per heavy atom. The first kappa shape index (κ1) is 14.4. The Balaban J connectivity index is 0.000000246. The van der Waals surface area contributed by atoms with E-state index in [2.05, 4.69) is 42.7 Å². The van der Waals surface area contributed by atoms with Gasteiger partial charge in [-0.25, -0.2) is 24.3 Å². The number of rotatable bonds is 1. The van der Waals surface area contributed by atoms with Gasteiger partial charge < -0.3 is 0 Å². The van der Waals surface area contributed by atoms with Crippen molar-refractivity contribution in [2.75, 3.05) is 0 Å². The molecule has 75 valence electrons. The van der Waals surface area contributed by atoms with Crippen molar-refractivity contribution in [3.8, 4) is 0 Å². The number of halogens is 2. The van der Waals surface area contributed by atoms with Crippen molar-refractivity contribution in [2.24, 2.45) is 0 Å². The van der Waals surface area contributed by atoms with E-state index in [0.29, 0.717) is 0 Å². The summed E-state index contributed by atoms with van der Waals surface area (Å²) in [6, 6.07) is 17.8. The van der Waals surface area contributed by atoms with Gasteiger partial charge in [0, 0.05) is 0 Å². The van der Waals surface area contributed by atoms with Crippen LogP contribution in [0.15, 0.2) is 54.6 Å². The minimum atomic E-state index is -0.544. The second-order valence-electron chi connectivity index (χ2n) is 2.40. The third-order valence-corrected chi connectivity index (χ3v) is 4.95. The van der Waals surface area contributed by atoms with Gasteiger partial charge in [-0.3, -0.25) is 0 Å². The van der Waals surface area contributed by atoms with Gasteiger partial charge >= 0.3 is 17.1 Å². The Labute approximate surface area is 113 Å². The molecule has 2 aromatic carbocycles. The summed E-state index contributed by atoms with van der Waals surface area (Å²) in [7, 11) is 0. The first-order chi connectivity index (χ1) is 6.30. The van der Waals surface area contributed by atoms with Crippen molar-refractivity contribution in [1.82, 2.24) is 0 Å². The Hall–Kier alpha value is 0.396. The molecule has 0 aromatic heterocycles. The SMILES string of the molecule is Br[Si](Br)[c-]1cccc1.[Fe+2].c1cc[cH-]c1. The molecule has 0 heterocycles. The van der Waals surface area contributed by atoms with Crippen LogP contribution in [-0.4, -0.2) is 6.04 Å². The van der Waals surface area contributed by atoms with E-state index in [1.165, 1.54) is 5.19 Å². The monoisotopic (exact) mass is 371 g/mol. The van der Waals surface area contributed by atoms with Gasteiger partial charge in [0.25, 0.3) is 0 Å². The maximum Gasteiger partial charge on any atom is 2.00 e. The fraction of sp³-hybridized carbons (Fsp3) is 0. The van der Waals surface area contributed by atoms with Crippen LogP contribution < -0.4 is 5.19 Å². The molecule has 0 amide bonds. The summed E-state index contributed by atoms with van der Waals surface area (Å²) >= 11 is 6.96. The molecule has 0 spiro atoms. The topological polar surface area (TPSA) is 0 Å². The Morgan fingerprint density at radius 1 is 0.929 bits per heavy atom. The first-order valence-corrected chi connectivity index (χ1v) is 9.89. The zero-order valence-electron chi connectivity index (χ0n) is 7.31. The molecule has 14 heavy (non-hydrogen) atoms. The van der Waals surface area contributed by atoms with Crippen LogP contribution in [0.3, 0.4) is 0 Å². The van der Waals surface area contributed by atoms with Crippen LogP contribution in [0.5, 0.6) is 0 Å². The maximum absolute atomic E-state index is 3.48. The zero-order chi connectivity index (χ0) is 9.52. The summed E-state index contributed by atoms with van der Waals surface area (Å²) in [5, 5.41) is 1.37. The molecule has 0 bridgehead atoms. The normalized spacial score (nSPS) is 8.79. The van der Waals surface area contributed by atoms with Gasteiger partial charge in [-0.05, 0) is 0 Å². The molecule has 0 saturated heterocycles. The van der Waals surface area contributed by atoms with E-state index in [0.717, 1.165) is 0 Å². The zero-order valence-corrected chi connectivity index (χ0v) is 12.6. The van der Waals surface area contributed by atoms with Gasteiger partial charge in [0.1, 0.15) is 0 Å². The van der Waals surface area contributed by atoms with E-state index in [9.17, 15) is 0 Å². The van der Waals surface area contributed by atoms with Crippen LogP contribution in [0.25, 0.3) is 0 Å². The Kier molecular flexibility index (Phi) is 8.93. The van der Waals surface area contributed by atoms with E-state index in [4.69, 9.17) is 0 Å². The average Bonchev–Trinajstić information content (AvgIpc) is 2.82. The average molecular weight is 373 g/mol. The van der Waals surface area contributed by atoms with Crippen molar-refractivity contribution in [3.63, 3.8) is 0 Å². The molecule has 0 saturated carbocycles. The molecule has 2 rings (SSSR count). The van der Waals surface area contributed by atoms with Crippen molar-refractivity contribution in [3.05, 3.63) is 54.6 Å². The third kappa shape index (κ3) is 5.99. The smallest absolute Gasteiger partial charge is 0.214 e. The van der Waals surface area contributed by atoms with Gasteiger partial charge in [-0.15, -0.1) is 35.8 Å².